The van der Waals surface area contributed by atoms with Gasteiger partial charge in [-0.3, -0.25) is 4.68 Å². The van der Waals surface area contributed by atoms with Crippen LogP contribution in [0.4, 0.5) is 17.6 Å². The topological polar surface area (TPSA) is 57.0 Å². The number of ether oxygens (including phenoxy) is 1. The molecule has 5 nitrogen and oxygen atoms in total. The summed E-state index contributed by atoms with van der Waals surface area (Å²) in [5, 5.41) is 6.00. The van der Waals surface area contributed by atoms with Crippen molar-refractivity contribution in [3.63, 3.8) is 0 Å². The Morgan fingerprint density at radius 2 is 2.11 bits per heavy atom. The molecule has 0 amide bonds. The molecule has 0 unspecified atom stereocenters. The molecule has 3 rings (SSSR count). The number of halogens is 4. The monoisotopic (exact) mass is 399 g/mol. The molecule has 142 valence electrons. The molecule has 2 heterocycles. The van der Waals surface area contributed by atoms with E-state index in [1.54, 1.807) is 6.92 Å². The number of hydrogen-bond acceptors (Lipinski definition) is 5. The first kappa shape index (κ1) is 19.0. The highest BCUT2D eigenvalue weighted by molar-refractivity contribution is 7.09. The average molecular weight is 399 g/mol. The first-order chi connectivity index (χ1) is 12.8. The molecule has 0 atom stereocenters. The lowest BCUT2D eigenvalue weighted by molar-refractivity contribution is -0.139. The summed E-state index contributed by atoms with van der Waals surface area (Å²) in [5.41, 5.74) is -1.17. The third-order valence-electron chi connectivity index (χ3n) is 3.57. The minimum absolute atomic E-state index is 0.108. The Labute approximate surface area is 155 Å². The van der Waals surface area contributed by atoms with Gasteiger partial charge >= 0.3 is 12.1 Å². The Balaban J connectivity index is 1.81. The van der Waals surface area contributed by atoms with Gasteiger partial charge in [-0.25, -0.2) is 14.2 Å². The van der Waals surface area contributed by atoms with Crippen molar-refractivity contribution in [3.05, 3.63) is 57.9 Å². The van der Waals surface area contributed by atoms with Gasteiger partial charge in [0.25, 0.3) is 0 Å². The molecule has 0 aliphatic carbocycles. The van der Waals surface area contributed by atoms with Crippen LogP contribution in [0, 0.1) is 5.82 Å². The van der Waals surface area contributed by atoms with Crippen molar-refractivity contribution in [3.8, 4) is 11.3 Å². The molecule has 0 saturated heterocycles. The average Bonchev–Trinajstić information content (AvgIpc) is 3.24. The van der Waals surface area contributed by atoms with Crippen LogP contribution in [0.15, 0.2) is 36.0 Å². The van der Waals surface area contributed by atoms with E-state index in [4.69, 9.17) is 4.74 Å². The molecule has 27 heavy (non-hydrogen) atoms. The lowest BCUT2D eigenvalue weighted by Crippen LogP contribution is -2.08. The first-order valence-corrected chi connectivity index (χ1v) is 8.67. The molecular formula is C17H13F4N3O2S. The van der Waals surface area contributed by atoms with Crippen LogP contribution < -0.4 is 0 Å². The van der Waals surface area contributed by atoms with Crippen molar-refractivity contribution in [1.82, 2.24) is 14.8 Å². The highest BCUT2D eigenvalue weighted by Crippen LogP contribution is 2.35. The molecule has 10 heteroatoms. The zero-order chi connectivity index (χ0) is 19.6. The smallest absolute Gasteiger partial charge is 0.419 e. The number of hydrogen-bond donors (Lipinski definition) is 0. The lowest BCUT2D eigenvalue weighted by Gasteiger charge is -2.09. The van der Waals surface area contributed by atoms with Gasteiger partial charge in [0.15, 0.2) is 0 Å². The Morgan fingerprint density at radius 1 is 1.33 bits per heavy atom. The second kappa shape index (κ2) is 7.47. The molecular weight excluding hydrogens is 386 g/mol. The van der Waals surface area contributed by atoms with E-state index in [2.05, 4.69) is 10.1 Å². The summed E-state index contributed by atoms with van der Waals surface area (Å²) < 4.78 is 59.1. The van der Waals surface area contributed by atoms with E-state index in [0.29, 0.717) is 11.1 Å². The maximum absolute atomic E-state index is 14.2. The fourth-order valence-electron chi connectivity index (χ4n) is 2.36. The fraction of sp³-hybridized carbons (Fsp3) is 0.235. The number of carbonyl (C=O) groups is 1. The van der Waals surface area contributed by atoms with Gasteiger partial charge in [0, 0.05) is 17.1 Å². The van der Waals surface area contributed by atoms with E-state index in [1.807, 2.05) is 0 Å². The molecule has 3 aromatic rings. The summed E-state index contributed by atoms with van der Waals surface area (Å²) in [5.74, 6) is -1.86. The number of thiazole rings is 1. The summed E-state index contributed by atoms with van der Waals surface area (Å²) in [4.78, 5) is 15.8. The summed E-state index contributed by atoms with van der Waals surface area (Å²) in [6, 6.07) is 3.07. The van der Waals surface area contributed by atoms with E-state index in [0.717, 1.165) is 17.4 Å². The summed E-state index contributed by atoms with van der Waals surface area (Å²) in [6.45, 7) is 2.11. The minimum Gasteiger partial charge on any atom is -0.462 e. The van der Waals surface area contributed by atoms with Gasteiger partial charge < -0.3 is 4.74 Å². The van der Waals surface area contributed by atoms with Gasteiger partial charge in [-0.15, -0.1) is 11.3 Å². The lowest BCUT2D eigenvalue weighted by atomic mass is 10.1. The number of nitrogens with zero attached hydrogens (tertiary/aromatic N) is 3. The van der Waals surface area contributed by atoms with Gasteiger partial charge in [-0.05, 0) is 19.1 Å². The summed E-state index contributed by atoms with van der Waals surface area (Å²) in [6.07, 6.45) is -1.96. The number of rotatable bonds is 5. The molecule has 1 aromatic carbocycles. The molecule has 0 N–H and O–H groups in total. The van der Waals surface area contributed by atoms with Gasteiger partial charge in [0.1, 0.15) is 10.8 Å². The highest BCUT2D eigenvalue weighted by atomic mass is 32.1. The van der Waals surface area contributed by atoms with E-state index in [1.165, 1.54) is 28.5 Å². The number of aromatic nitrogens is 3. The Morgan fingerprint density at radius 3 is 2.81 bits per heavy atom. The number of benzene rings is 1. The summed E-state index contributed by atoms with van der Waals surface area (Å²) in [7, 11) is 0. The SMILES string of the molecule is CCOC(=O)c1cnn(Cc2nc(-c3cccc(C(F)(F)F)c3F)cs2)c1. The predicted molar refractivity (Wildman–Crippen MR) is 89.8 cm³/mol. The standard InChI is InChI=1S/C17H13F4N3O2S/c1-2-26-16(25)10-6-22-24(7-10)8-14-23-13(9-27-14)11-4-3-5-12(15(11)18)17(19,20)21/h3-7,9H,2,8H2,1H3. The Kier molecular flexibility index (Phi) is 5.26. The molecule has 0 aliphatic heterocycles. The van der Waals surface area contributed by atoms with Crippen LogP contribution in [0.25, 0.3) is 11.3 Å². The van der Waals surface area contributed by atoms with Crippen molar-refractivity contribution < 1.29 is 27.1 Å². The van der Waals surface area contributed by atoms with Crippen molar-refractivity contribution in [1.29, 1.82) is 0 Å². The Bertz CT molecular complexity index is 965. The van der Waals surface area contributed by atoms with Crippen molar-refractivity contribution in [2.75, 3.05) is 6.61 Å². The highest BCUT2D eigenvalue weighted by Gasteiger charge is 2.35. The van der Waals surface area contributed by atoms with Gasteiger partial charge in [0.2, 0.25) is 0 Å². The van der Waals surface area contributed by atoms with Gasteiger partial charge in [-0.1, -0.05) is 6.07 Å². The maximum Gasteiger partial charge on any atom is 0.419 e. The third kappa shape index (κ3) is 4.16. The van der Waals surface area contributed by atoms with Crippen LogP contribution in [0.2, 0.25) is 0 Å². The molecule has 2 aromatic heterocycles. The quantitative estimate of drug-likeness (QED) is 0.472. The van der Waals surface area contributed by atoms with Crippen LogP contribution in [0.3, 0.4) is 0 Å². The zero-order valence-corrected chi connectivity index (χ0v) is 14.8. The van der Waals surface area contributed by atoms with E-state index in [-0.39, 0.29) is 30.0 Å². The molecule has 0 radical (unpaired) electrons. The first-order valence-electron chi connectivity index (χ1n) is 7.79. The normalized spacial score (nSPS) is 11.6. The van der Waals surface area contributed by atoms with Crippen LogP contribution in [0.1, 0.15) is 27.9 Å². The molecule has 0 spiro atoms. The predicted octanol–water partition coefficient (Wildman–Crippen LogP) is 4.39. The third-order valence-corrected chi connectivity index (χ3v) is 4.41. The van der Waals surface area contributed by atoms with E-state index >= 15 is 0 Å². The Hall–Kier alpha value is -2.75. The van der Waals surface area contributed by atoms with Crippen molar-refractivity contribution in [2.24, 2.45) is 0 Å². The van der Waals surface area contributed by atoms with Crippen LogP contribution in [0.5, 0.6) is 0 Å². The van der Waals surface area contributed by atoms with Crippen LogP contribution in [-0.2, 0) is 17.5 Å². The number of alkyl halides is 3. The van der Waals surface area contributed by atoms with Crippen molar-refractivity contribution in [2.45, 2.75) is 19.6 Å². The second-order valence-electron chi connectivity index (χ2n) is 5.44. The largest absolute Gasteiger partial charge is 0.462 e. The van der Waals surface area contributed by atoms with Gasteiger partial charge in [-0.2, -0.15) is 18.3 Å². The number of esters is 1. The minimum atomic E-state index is -4.78. The molecule has 0 saturated carbocycles. The van der Waals surface area contributed by atoms with Crippen molar-refractivity contribution >= 4 is 17.3 Å². The molecule has 0 bridgehead atoms. The van der Waals surface area contributed by atoms with E-state index < -0.39 is 23.5 Å². The zero-order valence-electron chi connectivity index (χ0n) is 14.0. The van der Waals surface area contributed by atoms with E-state index in [9.17, 15) is 22.4 Å². The maximum atomic E-state index is 14.2. The second-order valence-corrected chi connectivity index (χ2v) is 6.38. The molecule has 0 fully saturated rings. The number of carbonyl (C=O) groups excluding carboxylic acids is 1. The van der Waals surface area contributed by atoms with Crippen LogP contribution >= 0.6 is 11.3 Å². The molecule has 0 aliphatic rings. The van der Waals surface area contributed by atoms with Crippen LogP contribution in [-0.4, -0.2) is 27.3 Å². The summed E-state index contributed by atoms with van der Waals surface area (Å²) >= 11 is 1.15. The van der Waals surface area contributed by atoms with Gasteiger partial charge in [0.05, 0.1) is 36.2 Å². The fourth-order valence-corrected chi connectivity index (χ4v) is 3.15.